The fraction of sp³-hybridized carbons (Fsp3) is 0.462. The van der Waals surface area contributed by atoms with Crippen molar-refractivity contribution in [2.24, 2.45) is 10.9 Å². The van der Waals surface area contributed by atoms with E-state index in [-0.39, 0.29) is 12.4 Å². The van der Waals surface area contributed by atoms with E-state index in [1.165, 1.54) is 7.11 Å². The highest BCUT2D eigenvalue weighted by atomic mass is 16.5. The van der Waals surface area contributed by atoms with E-state index < -0.39 is 0 Å². The fourth-order valence-corrected chi connectivity index (χ4v) is 1.66. The van der Waals surface area contributed by atoms with Crippen LogP contribution in [0.5, 0.6) is 5.75 Å². The summed E-state index contributed by atoms with van der Waals surface area (Å²) in [5.74, 6) is 0.560. The summed E-state index contributed by atoms with van der Waals surface area (Å²) >= 11 is 0. The van der Waals surface area contributed by atoms with Gasteiger partial charge in [0.25, 0.3) is 0 Å². The molecule has 0 saturated carbocycles. The predicted molar refractivity (Wildman–Crippen MR) is 75.1 cm³/mol. The molecule has 0 saturated heterocycles. The Morgan fingerprint density at radius 2 is 2.20 bits per heavy atom. The maximum Gasteiger partial charge on any atom is 0.173 e. The number of hydrogen-bond acceptors (Lipinski definition) is 6. The molecule has 5 N–H and O–H groups in total. The van der Waals surface area contributed by atoms with Gasteiger partial charge in [0, 0.05) is 13.1 Å². The molecule has 0 amide bonds. The molecule has 0 bridgehead atoms. The zero-order chi connectivity index (χ0) is 14.8. The lowest BCUT2D eigenvalue weighted by atomic mass is 10.1. The van der Waals surface area contributed by atoms with E-state index in [1.807, 2.05) is 6.07 Å². The number of rotatable bonds is 9. The molecule has 1 aromatic carbocycles. The second-order valence-electron chi connectivity index (χ2n) is 4.03. The third-order valence-corrected chi connectivity index (χ3v) is 2.64. The highest BCUT2D eigenvalue weighted by Gasteiger charge is 2.08. The molecule has 0 aromatic heterocycles. The molecule has 1 aromatic rings. The fourth-order valence-electron chi connectivity index (χ4n) is 1.66. The minimum absolute atomic E-state index is 0.00924. The van der Waals surface area contributed by atoms with Gasteiger partial charge < -0.3 is 30.8 Å². The molecule has 20 heavy (non-hydrogen) atoms. The lowest BCUT2D eigenvalue weighted by molar-refractivity contribution is 0.0938. The molecule has 1 rings (SSSR count). The van der Waals surface area contributed by atoms with Crippen LogP contribution in [0.25, 0.3) is 0 Å². The second kappa shape index (κ2) is 9.13. The number of aliphatic hydroxyl groups is 1. The SMILES string of the molecule is COc1ccc(CNCCOCCO)cc1C(N)=NO. The maximum atomic E-state index is 8.75. The van der Waals surface area contributed by atoms with Crippen LogP contribution in [0, 0.1) is 0 Å². The van der Waals surface area contributed by atoms with E-state index in [2.05, 4.69) is 10.5 Å². The molecule has 7 heteroatoms. The smallest absolute Gasteiger partial charge is 0.173 e. The van der Waals surface area contributed by atoms with Crippen LogP contribution in [0.1, 0.15) is 11.1 Å². The first-order valence-corrected chi connectivity index (χ1v) is 6.27. The number of nitrogens with one attached hydrogen (secondary N) is 1. The highest BCUT2D eigenvalue weighted by molar-refractivity contribution is 5.99. The predicted octanol–water partition coefficient (Wildman–Crippen LogP) is -0.112. The third kappa shape index (κ3) is 5.04. The van der Waals surface area contributed by atoms with Gasteiger partial charge >= 0.3 is 0 Å². The van der Waals surface area contributed by atoms with Crippen molar-refractivity contribution < 1.29 is 19.8 Å². The van der Waals surface area contributed by atoms with Gasteiger partial charge in [0.05, 0.1) is 32.5 Å². The molecule has 0 unspecified atom stereocenters. The van der Waals surface area contributed by atoms with Gasteiger partial charge in [0.15, 0.2) is 5.84 Å². The molecule has 0 aliphatic carbocycles. The van der Waals surface area contributed by atoms with E-state index in [9.17, 15) is 0 Å². The summed E-state index contributed by atoms with van der Waals surface area (Å²) in [5.41, 5.74) is 7.13. The summed E-state index contributed by atoms with van der Waals surface area (Å²) < 4.78 is 10.3. The number of ether oxygens (including phenoxy) is 2. The molecule has 0 heterocycles. The van der Waals surface area contributed by atoms with E-state index in [0.29, 0.717) is 37.6 Å². The van der Waals surface area contributed by atoms with Crippen LogP contribution in [-0.4, -0.2) is 49.6 Å². The zero-order valence-corrected chi connectivity index (χ0v) is 11.5. The van der Waals surface area contributed by atoms with Crippen molar-refractivity contribution in [3.63, 3.8) is 0 Å². The molecule has 0 radical (unpaired) electrons. The standard InChI is InChI=1S/C13H21N3O4/c1-19-12-3-2-10(8-11(12)13(14)16-18)9-15-4-6-20-7-5-17/h2-3,8,15,17-18H,4-7,9H2,1H3,(H2,14,16). The number of nitrogens with zero attached hydrogens (tertiary/aromatic N) is 1. The summed E-state index contributed by atoms with van der Waals surface area (Å²) in [6, 6.07) is 5.47. The molecular formula is C13H21N3O4. The van der Waals surface area contributed by atoms with Gasteiger partial charge in [-0.3, -0.25) is 0 Å². The number of oxime groups is 1. The van der Waals surface area contributed by atoms with Crippen LogP contribution in [0.15, 0.2) is 23.4 Å². The molecule has 7 nitrogen and oxygen atoms in total. The zero-order valence-electron chi connectivity index (χ0n) is 11.5. The molecule has 0 atom stereocenters. The van der Waals surface area contributed by atoms with Gasteiger partial charge in [-0.25, -0.2) is 0 Å². The summed E-state index contributed by atoms with van der Waals surface area (Å²) in [6.07, 6.45) is 0. The number of nitrogens with two attached hydrogens (primary N) is 1. The lowest BCUT2D eigenvalue weighted by Gasteiger charge is -2.10. The summed E-state index contributed by atoms with van der Waals surface area (Å²) in [6.45, 7) is 2.20. The van der Waals surface area contributed by atoms with Crippen molar-refractivity contribution in [3.05, 3.63) is 29.3 Å². The van der Waals surface area contributed by atoms with Crippen LogP contribution < -0.4 is 15.8 Å². The van der Waals surface area contributed by atoms with Crippen molar-refractivity contribution in [1.82, 2.24) is 5.32 Å². The van der Waals surface area contributed by atoms with Gasteiger partial charge in [-0.1, -0.05) is 11.2 Å². The monoisotopic (exact) mass is 283 g/mol. The second-order valence-corrected chi connectivity index (χ2v) is 4.03. The summed E-state index contributed by atoms with van der Waals surface area (Å²) in [4.78, 5) is 0. The Bertz CT molecular complexity index is 438. The van der Waals surface area contributed by atoms with Gasteiger partial charge in [0.1, 0.15) is 5.75 Å². The normalized spacial score (nSPS) is 11.6. The van der Waals surface area contributed by atoms with Crippen molar-refractivity contribution in [3.8, 4) is 5.75 Å². The summed E-state index contributed by atoms with van der Waals surface area (Å²) in [5, 5.41) is 23.5. The van der Waals surface area contributed by atoms with Crippen LogP contribution in [0.2, 0.25) is 0 Å². The Balaban J connectivity index is 2.55. The molecule has 0 aliphatic rings. The van der Waals surface area contributed by atoms with Crippen LogP contribution in [0.4, 0.5) is 0 Å². The topological polar surface area (TPSA) is 109 Å². The van der Waals surface area contributed by atoms with Gasteiger partial charge in [-0.15, -0.1) is 0 Å². The summed E-state index contributed by atoms with van der Waals surface area (Å²) in [7, 11) is 1.53. The molecule has 0 aliphatic heterocycles. The number of methoxy groups -OCH3 is 1. The largest absolute Gasteiger partial charge is 0.496 e. The van der Waals surface area contributed by atoms with E-state index >= 15 is 0 Å². The van der Waals surface area contributed by atoms with E-state index in [4.69, 9.17) is 25.5 Å². The molecule has 112 valence electrons. The van der Waals surface area contributed by atoms with Gasteiger partial charge in [-0.05, 0) is 17.7 Å². The Morgan fingerprint density at radius 1 is 1.40 bits per heavy atom. The Labute approximate surface area is 118 Å². The number of amidine groups is 1. The van der Waals surface area contributed by atoms with Crippen molar-refractivity contribution in [2.45, 2.75) is 6.54 Å². The van der Waals surface area contributed by atoms with Crippen LogP contribution in [-0.2, 0) is 11.3 Å². The Kier molecular flexibility index (Phi) is 7.41. The average molecular weight is 283 g/mol. The Hall–Kier alpha value is -1.83. The third-order valence-electron chi connectivity index (χ3n) is 2.64. The maximum absolute atomic E-state index is 8.75. The molecular weight excluding hydrogens is 262 g/mol. The van der Waals surface area contributed by atoms with Crippen molar-refractivity contribution >= 4 is 5.84 Å². The number of aliphatic hydroxyl groups excluding tert-OH is 1. The first-order chi connectivity index (χ1) is 9.72. The molecule has 0 fully saturated rings. The van der Waals surface area contributed by atoms with Crippen LogP contribution >= 0.6 is 0 Å². The quantitative estimate of drug-likeness (QED) is 0.165. The lowest BCUT2D eigenvalue weighted by Crippen LogP contribution is -2.21. The van der Waals surface area contributed by atoms with Crippen LogP contribution in [0.3, 0.4) is 0 Å². The Morgan fingerprint density at radius 3 is 2.85 bits per heavy atom. The van der Waals surface area contributed by atoms with Crippen molar-refractivity contribution in [2.75, 3.05) is 33.5 Å². The van der Waals surface area contributed by atoms with E-state index in [0.717, 1.165) is 5.56 Å². The number of benzene rings is 1. The van der Waals surface area contributed by atoms with Gasteiger partial charge in [-0.2, -0.15) is 0 Å². The first-order valence-electron chi connectivity index (χ1n) is 6.27. The number of hydrogen-bond donors (Lipinski definition) is 4. The first kappa shape index (κ1) is 16.2. The average Bonchev–Trinajstić information content (AvgIpc) is 2.49. The highest BCUT2D eigenvalue weighted by Crippen LogP contribution is 2.19. The van der Waals surface area contributed by atoms with E-state index in [1.54, 1.807) is 12.1 Å². The minimum atomic E-state index is 0.00924. The minimum Gasteiger partial charge on any atom is -0.496 e. The van der Waals surface area contributed by atoms with Gasteiger partial charge in [0.2, 0.25) is 0 Å². The molecule has 0 spiro atoms. The van der Waals surface area contributed by atoms with Crippen molar-refractivity contribution in [1.29, 1.82) is 0 Å².